The third kappa shape index (κ3) is 2.20. The SMILES string of the molecule is Cc1c(F)cncc1-c1cc2c(C(N)=O)nccc2cn1. The number of amides is 1. The maximum Gasteiger partial charge on any atom is 0.267 e. The fourth-order valence-electron chi connectivity index (χ4n) is 2.17. The summed E-state index contributed by atoms with van der Waals surface area (Å²) < 4.78 is 13.6. The molecule has 0 bridgehead atoms. The van der Waals surface area contributed by atoms with Crippen LogP contribution in [0.5, 0.6) is 0 Å². The van der Waals surface area contributed by atoms with Gasteiger partial charge in [0.05, 0.1) is 11.9 Å². The smallest absolute Gasteiger partial charge is 0.267 e. The molecule has 21 heavy (non-hydrogen) atoms. The molecule has 5 nitrogen and oxygen atoms in total. The number of nitrogens with two attached hydrogens (primary N) is 1. The zero-order valence-corrected chi connectivity index (χ0v) is 11.2. The monoisotopic (exact) mass is 282 g/mol. The van der Waals surface area contributed by atoms with Gasteiger partial charge < -0.3 is 5.73 Å². The molecule has 0 fully saturated rings. The third-order valence-corrected chi connectivity index (χ3v) is 3.31. The van der Waals surface area contributed by atoms with Gasteiger partial charge in [0.25, 0.3) is 5.91 Å². The van der Waals surface area contributed by atoms with Gasteiger partial charge in [-0.25, -0.2) is 4.39 Å². The maximum atomic E-state index is 13.6. The number of rotatable bonds is 2. The first kappa shape index (κ1) is 13.1. The number of nitrogens with zero attached hydrogens (tertiary/aromatic N) is 3. The standard InChI is InChI=1S/C15H11FN4O/c1-8-11(6-18-7-12(8)16)13-4-10-9(5-20-13)2-3-19-14(10)15(17)21/h2-7H,1H3,(H2,17,21). The van der Waals surface area contributed by atoms with E-state index in [4.69, 9.17) is 5.73 Å². The molecule has 0 unspecified atom stereocenters. The molecule has 6 heteroatoms. The fraction of sp³-hybridized carbons (Fsp3) is 0.0667. The van der Waals surface area contributed by atoms with Gasteiger partial charge in [-0.2, -0.15) is 0 Å². The predicted molar refractivity (Wildman–Crippen MR) is 76.0 cm³/mol. The highest BCUT2D eigenvalue weighted by atomic mass is 19.1. The Balaban J connectivity index is 2.28. The molecule has 0 aliphatic rings. The number of fused-ring (bicyclic) bond motifs is 1. The van der Waals surface area contributed by atoms with Gasteiger partial charge in [0.15, 0.2) is 0 Å². The lowest BCUT2D eigenvalue weighted by atomic mass is 10.0. The summed E-state index contributed by atoms with van der Waals surface area (Å²) in [7, 11) is 0. The Bertz CT molecular complexity index is 863. The Morgan fingerprint density at radius 3 is 2.81 bits per heavy atom. The van der Waals surface area contributed by atoms with Gasteiger partial charge in [-0.05, 0) is 24.6 Å². The maximum absolute atomic E-state index is 13.6. The van der Waals surface area contributed by atoms with E-state index in [-0.39, 0.29) is 5.69 Å². The highest BCUT2D eigenvalue weighted by molar-refractivity contribution is 6.05. The number of hydrogen-bond acceptors (Lipinski definition) is 4. The van der Waals surface area contributed by atoms with Crippen LogP contribution in [0.1, 0.15) is 16.1 Å². The third-order valence-electron chi connectivity index (χ3n) is 3.31. The van der Waals surface area contributed by atoms with Crippen molar-refractivity contribution in [1.82, 2.24) is 15.0 Å². The molecule has 3 aromatic heterocycles. The summed E-state index contributed by atoms with van der Waals surface area (Å²) in [5, 5.41) is 1.32. The quantitative estimate of drug-likeness (QED) is 0.781. The molecule has 0 saturated heterocycles. The van der Waals surface area contributed by atoms with Crippen LogP contribution in [-0.2, 0) is 0 Å². The molecule has 0 spiro atoms. The topological polar surface area (TPSA) is 81.8 Å². The van der Waals surface area contributed by atoms with Gasteiger partial charge >= 0.3 is 0 Å². The number of hydrogen-bond donors (Lipinski definition) is 1. The zero-order chi connectivity index (χ0) is 15.0. The second-order valence-corrected chi connectivity index (χ2v) is 4.61. The summed E-state index contributed by atoms with van der Waals surface area (Å²) in [4.78, 5) is 23.6. The lowest BCUT2D eigenvalue weighted by Gasteiger charge is -2.08. The van der Waals surface area contributed by atoms with Crippen LogP contribution in [0.4, 0.5) is 4.39 Å². The highest BCUT2D eigenvalue weighted by Gasteiger charge is 2.12. The van der Waals surface area contributed by atoms with E-state index >= 15 is 0 Å². The summed E-state index contributed by atoms with van der Waals surface area (Å²) in [6.07, 6.45) is 5.78. The normalized spacial score (nSPS) is 10.8. The van der Waals surface area contributed by atoms with Crippen LogP contribution < -0.4 is 5.73 Å². The van der Waals surface area contributed by atoms with E-state index in [0.717, 1.165) is 11.6 Å². The average molecular weight is 282 g/mol. The Hall–Kier alpha value is -2.89. The van der Waals surface area contributed by atoms with Crippen molar-refractivity contribution < 1.29 is 9.18 Å². The van der Waals surface area contributed by atoms with Crippen molar-refractivity contribution in [3.05, 3.63) is 54.0 Å². The molecule has 0 aliphatic carbocycles. The minimum atomic E-state index is -0.619. The van der Waals surface area contributed by atoms with Crippen molar-refractivity contribution >= 4 is 16.7 Å². The molecule has 0 aliphatic heterocycles. The van der Waals surface area contributed by atoms with E-state index in [0.29, 0.717) is 22.2 Å². The van der Waals surface area contributed by atoms with Crippen LogP contribution in [0.25, 0.3) is 22.0 Å². The van der Waals surface area contributed by atoms with Gasteiger partial charge in [0.1, 0.15) is 11.5 Å². The Morgan fingerprint density at radius 1 is 1.24 bits per heavy atom. The molecule has 3 rings (SSSR count). The largest absolute Gasteiger partial charge is 0.364 e. The van der Waals surface area contributed by atoms with Crippen molar-refractivity contribution in [2.75, 3.05) is 0 Å². The lowest BCUT2D eigenvalue weighted by molar-refractivity contribution is 0.0997. The molecule has 0 radical (unpaired) electrons. The van der Waals surface area contributed by atoms with Crippen LogP contribution in [0.3, 0.4) is 0 Å². The van der Waals surface area contributed by atoms with E-state index in [1.807, 2.05) is 0 Å². The lowest BCUT2D eigenvalue weighted by Crippen LogP contribution is -2.13. The Labute approximate surface area is 119 Å². The molecule has 3 aromatic rings. The first-order valence-corrected chi connectivity index (χ1v) is 6.23. The predicted octanol–water partition coefficient (Wildman–Crippen LogP) is 2.24. The number of aromatic nitrogens is 3. The number of halogens is 1. The second-order valence-electron chi connectivity index (χ2n) is 4.61. The number of carbonyl (C=O) groups excluding carboxylic acids is 1. The summed E-state index contributed by atoms with van der Waals surface area (Å²) in [5.74, 6) is -1.03. The van der Waals surface area contributed by atoms with Gasteiger partial charge in [0, 0.05) is 34.9 Å². The van der Waals surface area contributed by atoms with E-state index in [1.54, 1.807) is 25.3 Å². The summed E-state index contributed by atoms with van der Waals surface area (Å²) in [6.45, 7) is 1.65. The van der Waals surface area contributed by atoms with Crippen LogP contribution >= 0.6 is 0 Å². The van der Waals surface area contributed by atoms with Crippen LogP contribution in [-0.4, -0.2) is 20.9 Å². The molecular weight excluding hydrogens is 271 g/mol. The van der Waals surface area contributed by atoms with Crippen molar-refractivity contribution in [3.63, 3.8) is 0 Å². The van der Waals surface area contributed by atoms with Gasteiger partial charge in [-0.3, -0.25) is 19.7 Å². The first-order valence-electron chi connectivity index (χ1n) is 6.23. The van der Waals surface area contributed by atoms with E-state index < -0.39 is 11.7 Å². The Kier molecular flexibility index (Phi) is 3.06. The molecular formula is C15H11FN4O. The fourth-order valence-corrected chi connectivity index (χ4v) is 2.17. The summed E-state index contributed by atoms with van der Waals surface area (Å²) in [6, 6.07) is 3.40. The first-order chi connectivity index (χ1) is 10.1. The van der Waals surface area contributed by atoms with E-state index in [2.05, 4.69) is 15.0 Å². The molecule has 2 N–H and O–H groups in total. The number of primary amides is 1. The van der Waals surface area contributed by atoms with Crippen molar-refractivity contribution in [3.8, 4) is 11.3 Å². The van der Waals surface area contributed by atoms with Crippen molar-refractivity contribution in [1.29, 1.82) is 0 Å². The van der Waals surface area contributed by atoms with Crippen molar-refractivity contribution in [2.24, 2.45) is 5.73 Å². The molecule has 0 saturated carbocycles. The zero-order valence-electron chi connectivity index (χ0n) is 11.2. The minimum absolute atomic E-state index is 0.165. The van der Waals surface area contributed by atoms with Crippen LogP contribution in [0.15, 0.2) is 36.9 Å². The molecule has 0 atom stereocenters. The van der Waals surface area contributed by atoms with Gasteiger partial charge in [0.2, 0.25) is 0 Å². The van der Waals surface area contributed by atoms with E-state index in [1.165, 1.54) is 12.4 Å². The molecule has 0 aromatic carbocycles. The summed E-state index contributed by atoms with van der Waals surface area (Å²) in [5.41, 5.74) is 7.02. The van der Waals surface area contributed by atoms with Crippen LogP contribution in [0, 0.1) is 12.7 Å². The second kappa shape index (κ2) is 4.90. The molecule has 3 heterocycles. The van der Waals surface area contributed by atoms with Crippen LogP contribution in [0.2, 0.25) is 0 Å². The molecule has 104 valence electrons. The van der Waals surface area contributed by atoms with Gasteiger partial charge in [-0.15, -0.1) is 0 Å². The minimum Gasteiger partial charge on any atom is -0.364 e. The Morgan fingerprint density at radius 2 is 2.05 bits per heavy atom. The van der Waals surface area contributed by atoms with E-state index in [9.17, 15) is 9.18 Å². The summed E-state index contributed by atoms with van der Waals surface area (Å²) >= 11 is 0. The van der Waals surface area contributed by atoms with Gasteiger partial charge in [-0.1, -0.05) is 0 Å². The average Bonchev–Trinajstić information content (AvgIpc) is 2.48. The number of pyridine rings is 3. The highest BCUT2D eigenvalue weighted by Crippen LogP contribution is 2.26. The number of carbonyl (C=O) groups is 1. The molecule has 1 amide bonds. The van der Waals surface area contributed by atoms with Crippen molar-refractivity contribution in [2.45, 2.75) is 6.92 Å².